The first kappa shape index (κ1) is 11.8. The molecule has 0 aliphatic carbocycles. The molecule has 2 N–H and O–H groups in total. The average Bonchev–Trinajstić information content (AvgIpc) is 2.29. The topological polar surface area (TPSA) is 38.9 Å². The van der Waals surface area contributed by atoms with E-state index in [1.165, 1.54) is 11.1 Å². The number of nitrogens with zero attached hydrogens (tertiary/aromatic N) is 1. The molecular weight excluding hydrogens is 208 g/mol. The Morgan fingerprint density at radius 2 is 2.00 bits per heavy atom. The SMILES string of the molecule is Cc1cccc(CC(N)c2ccnc(C)c2)c1. The van der Waals surface area contributed by atoms with Gasteiger partial charge in [0.05, 0.1) is 0 Å². The maximum absolute atomic E-state index is 6.22. The van der Waals surface area contributed by atoms with Crippen LogP contribution in [0.3, 0.4) is 0 Å². The van der Waals surface area contributed by atoms with Crippen LogP contribution >= 0.6 is 0 Å². The van der Waals surface area contributed by atoms with Crippen LogP contribution in [0, 0.1) is 13.8 Å². The zero-order valence-corrected chi connectivity index (χ0v) is 10.4. The number of nitrogens with two attached hydrogens (primary N) is 1. The van der Waals surface area contributed by atoms with E-state index < -0.39 is 0 Å². The molecule has 0 bridgehead atoms. The second-order valence-corrected chi connectivity index (χ2v) is 4.53. The first-order valence-corrected chi connectivity index (χ1v) is 5.89. The van der Waals surface area contributed by atoms with E-state index in [1.807, 2.05) is 19.2 Å². The van der Waals surface area contributed by atoms with Gasteiger partial charge >= 0.3 is 0 Å². The molecule has 2 nitrogen and oxygen atoms in total. The molecule has 0 fully saturated rings. The van der Waals surface area contributed by atoms with Crippen molar-refractivity contribution in [2.24, 2.45) is 5.73 Å². The highest BCUT2D eigenvalue weighted by Gasteiger charge is 2.07. The third-order valence-corrected chi connectivity index (χ3v) is 2.89. The number of rotatable bonds is 3. The molecule has 2 heteroatoms. The fourth-order valence-electron chi connectivity index (χ4n) is 2.01. The summed E-state index contributed by atoms with van der Waals surface area (Å²) in [5.41, 5.74) is 10.9. The van der Waals surface area contributed by atoms with Gasteiger partial charge in [0.15, 0.2) is 0 Å². The molecule has 1 aromatic heterocycles. The van der Waals surface area contributed by atoms with Gasteiger partial charge in [0.2, 0.25) is 0 Å². The minimum absolute atomic E-state index is 0.0403. The number of aromatic nitrogens is 1. The molecule has 0 saturated carbocycles. The summed E-state index contributed by atoms with van der Waals surface area (Å²) < 4.78 is 0. The van der Waals surface area contributed by atoms with Crippen LogP contribution in [-0.4, -0.2) is 4.98 Å². The normalized spacial score (nSPS) is 12.4. The van der Waals surface area contributed by atoms with Gasteiger partial charge in [0, 0.05) is 17.9 Å². The smallest absolute Gasteiger partial charge is 0.0375 e. The third-order valence-electron chi connectivity index (χ3n) is 2.89. The Morgan fingerprint density at radius 3 is 2.71 bits per heavy atom. The number of benzene rings is 1. The van der Waals surface area contributed by atoms with Crippen molar-refractivity contribution in [3.8, 4) is 0 Å². The summed E-state index contributed by atoms with van der Waals surface area (Å²) in [4.78, 5) is 4.19. The predicted molar refractivity (Wildman–Crippen MR) is 70.8 cm³/mol. The van der Waals surface area contributed by atoms with Crippen LogP contribution in [0.2, 0.25) is 0 Å². The van der Waals surface area contributed by atoms with Crippen molar-refractivity contribution in [1.29, 1.82) is 0 Å². The fraction of sp³-hybridized carbons (Fsp3) is 0.267. The summed E-state index contributed by atoms with van der Waals surface area (Å²) in [6, 6.07) is 12.6. The lowest BCUT2D eigenvalue weighted by Gasteiger charge is -2.12. The van der Waals surface area contributed by atoms with Gasteiger partial charge in [0.1, 0.15) is 0 Å². The summed E-state index contributed by atoms with van der Waals surface area (Å²) in [6.07, 6.45) is 2.69. The number of hydrogen-bond donors (Lipinski definition) is 1. The Kier molecular flexibility index (Phi) is 3.55. The third kappa shape index (κ3) is 3.14. The van der Waals surface area contributed by atoms with Crippen LogP contribution in [0.4, 0.5) is 0 Å². The van der Waals surface area contributed by atoms with Crippen molar-refractivity contribution in [1.82, 2.24) is 4.98 Å². The summed E-state index contributed by atoms with van der Waals surface area (Å²) >= 11 is 0. The molecule has 0 saturated heterocycles. The van der Waals surface area contributed by atoms with Crippen molar-refractivity contribution >= 4 is 0 Å². The zero-order chi connectivity index (χ0) is 12.3. The lowest BCUT2D eigenvalue weighted by atomic mass is 9.99. The Bertz CT molecular complexity index is 506. The minimum atomic E-state index is 0.0403. The molecule has 1 atom stereocenters. The Morgan fingerprint density at radius 1 is 1.18 bits per heavy atom. The van der Waals surface area contributed by atoms with Crippen LogP contribution in [-0.2, 0) is 6.42 Å². The number of pyridine rings is 1. The van der Waals surface area contributed by atoms with E-state index >= 15 is 0 Å². The standard InChI is InChI=1S/C15H18N2/c1-11-4-3-5-13(8-11)10-15(16)14-6-7-17-12(2)9-14/h3-9,15H,10,16H2,1-2H3. The largest absolute Gasteiger partial charge is 0.324 e. The molecule has 17 heavy (non-hydrogen) atoms. The Labute approximate surface area is 103 Å². The molecule has 2 aromatic rings. The van der Waals surface area contributed by atoms with Gasteiger partial charge in [-0.3, -0.25) is 4.98 Å². The molecule has 1 aromatic carbocycles. The summed E-state index contributed by atoms with van der Waals surface area (Å²) in [5, 5.41) is 0. The van der Waals surface area contributed by atoms with Gasteiger partial charge in [-0.05, 0) is 43.5 Å². The van der Waals surface area contributed by atoms with Crippen molar-refractivity contribution in [2.45, 2.75) is 26.3 Å². The predicted octanol–water partition coefficient (Wildman–Crippen LogP) is 2.94. The van der Waals surface area contributed by atoms with Crippen molar-refractivity contribution in [3.63, 3.8) is 0 Å². The zero-order valence-electron chi connectivity index (χ0n) is 10.4. The highest BCUT2D eigenvalue weighted by atomic mass is 14.7. The fourth-order valence-corrected chi connectivity index (χ4v) is 2.01. The molecule has 1 heterocycles. The van der Waals surface area contributed by atoms with Crippen LogP contribution in [0.25, 0.3) is 0 Å². The molecule has 0 aliphatic rings. The molecule has 1 unspecified atom stereocenters. The molecule has 0 spiro atoms. The van der Waals surface area contributed by atoms with Crippen LogP contribution in [0.15, 0.2) is 42.6 Å². The van der Waals surface area contributed by atoms with Gasteiger partial charge in [-0.1, -0.05) is 29.8 Å². The van der Waals surface area contributed by atoms with Crippen LogP contribution in [0.1, 0.15) is 28.4 Å². The van der Waals surface area contributed by atoms with Crippen LogP contribution in [0.5, 0.6) is 0 Å². The second-order valence-electron chi connectivity index (χ2n) is 4.53. The number of aryl methyl sites for hydroxylation is 2. The quantitative estimate of drug-likeness (QED) is 0.874. The first-order valence-electron chi connectivity index (χ1n) is 5.89. The van der Waals surface area contributed by atoms with Crippen LogP contribution < -0.4 is 5.73 Å². The Balaban J connectivity index is 2.14. The molecule has 2 rings (SSSR count). The first-order chi connectivity index (χ1) is 8.15. The number of hydrogen-bond acceptors (Lipinski definition) is 2. The summed E-state index contributed by atoms with van der Waals surface area (Å²) in [7, 11) is 0. The average molecular weight is 226 g/mol. The lowest BCUT2D eigenvalue weighted by molar-refractivity contribution is 0.718. The van der Waals surface area contributed by atoms with Gasteiger partial charge in [0.25, 0.3) is 0 Å². The van der Waals surface area contributed by atoms with Gasteiger partial charge in [-0.25, -0.2) is 0 Å². The van der Waals surface area contributed by atoms with E-state index in [9.17, 15) is 0 Å². The van der Waals surface area contributed by atoms with E-state index in [-0.39, 0.29) is 6.04 Å². The van der Waals surface area contributed by atoms with Crippen molar-refractivity contribution in [2.75, 3.05) is 0 Å². The van der Waals surface area contributed by atoms with E-state index in [1.54, 1.807) is 0 Å². The highest BCUT2D eigenvalue weighted by Crippen LogP contribution is 2.16. The lowest BCUT2D eigenvalue weighted by Crippen LogP contribution is -2.13. The van der Waals surface area contributed by atoms with Crippen molar-refractivity contribution in [3.05, 3.63) is 65.0 Å². The van der Waals surface area contributed by atoms with E-state index in [0.717, 1.165) is 17.7 Å². The van der Waals surface area contributed by atoms with Gasteiger partial charge in [-0.15, -0.1) is 0 Å². The second kappa shape index (κ2) is 5.11. The van der Waals surface area contributed by atoms with Gasteiger partial charge in [-0.2, -0.15) is 0 Å². The molecule has 0 aliphatic heterocycles. The van der Waals surface area contributed by atoms with E-state index in [2.05, 4.69) is 42.2 Å². The van der Waals surface area contributed by atoms with Crippen molar-refractivity contribution < 1.29 is 0 Å². The van der Waals surface area contributed by atoms with E-state index in [0.29, 0.717) is 0 Å². The summed E-state index contributed by atoms with van der Waals surface area (Å²) in [5.74, 6) is 0. The van der Waals surface area contributed by atoms with Gasteiger partial charge < -0.3 is 5.73 Å². The monoisotopic (exact) mass is 226 g/mol. The summed E-state index contributed by atoms with van der Waals surface area (Å²) in [6.45, 7) is 4.09. The molecular formula is C15H18N2. The maximum Gasteiger partial charge on any atom is 0.0375 e. The molecule has 0 amide bonds. The maximum atomic E-state index is 6.22. The Hall–Kier alpha value is -1.67. The molecule has 88 valence electrons. The highest BCUT2D eigenvalue weighted by molar-refractivity contribution is 5.26. The van der Waals surface area contributed by atoms with E-state index in [4.69, 9.17) is 5.73 Å². The minimum Gasteiger partial charge on any atom is -0.324 e. The molecule has 0 radical (unpaired) electrons.